The van der Waals surface area contributed by atoms with E-state index in [0.29, 0.717) is 17.1 Å². The number of hydrogen-bond donors (Lipinski definition) is 0. The van der Waals surface area contributed by atoms with E-state index in [1.165, 1.54) is 32.4 Å². The Bertz CT molecular complexity index is 1390. The molecule has 9 heteroatoms. The summed E-state index contributed by atoms with van der Waals surface area (Å²) >= 11 is 0. The van der Waals surface area contributed by atoms with Crippen LogP contribution in [0.5, 0.6) is 23.0 Å². The SMILES string of the molecule is COc1ccc(-c2ccnc(-c3ccc(OS(=O)(=O)c4ccc(OC)c(OC)c4)cc3)n2)cc1. The first-order chi connectivity index (χ1) is 16.4. The van der Waals surface area contributed by atoms with Crippen molar-refractivity contribution in [3.63, 3.8) is 0 Å². The third kappa shape index (κ3) is 4.94. The number of benzene rings is 3. The van der Waals surface area contributed by atoms with Crippen molar-refractivity contribution in [2.45, 2.75) is 4.90 Å². The minimum absolute atomic E-state index is 0.0512. The highest BCUT2D eigenvalue weighted by molar-refractivity contribution is 7.87. The molecule has 0 atom stereocenters. The summed E-state index contributed by atoms with van der Waals surface area (Å²) in [4.78, 5) is 8.90. The average molecular weight is 479 g/mol. The van der Waals surface area contributed by atoms with Gasteiger partial charge in [0.2, 0.25) is 0 Å². The van der Waals surface area contributed by atoms with Gasteiger partial charge in [-0.05, 0) is 66.7 Å². The second-order valence-electron chi connectivity index (χ2n) is 7.07. The van der Waals surface area contributed by atoms with E-state index >= 15 is 0 Å². The maximum Gasteiger partial charge on any atom is 0.339 e. The third-order valence-electron chi connectivity index (χ3n) is 5.00. The lowest BCUT2D eigenvalue weighted by molar-refractivity contribution is 0.353. The summed E-state index contributed by atoms with van der Waals surface area (Å²) in [5, 5.41) is 0. The topological polar surface area (TPSA) is 96.8 Å². The number of hydrogen-bond acceptors (Lipinski definition) is 8. The third-order valence-corrected chi connectivity index (χ3v) is 6.25. The Labute approximate surface area is 197 Å². The molecular weight excluding hydrogens is 456 g/mol. The highest BCUT2D eigenvalue weighted by Gasteiger charge is 2.19. The molecule has 34 heavy (non-hydrogen) atoms. The molecule has 1 aromatic heterocycles. The molecule has 4 rings (SSSR count). The van der Waals surface area contributed by atoms with Gasteiger partial charge in [-0.15, -0.1) is 0 Å². The van der Waals surface area contributed by atoms with Crippen molar-refractivity contribution in [2.24, 2.45) is 0 Å². The fourth-order valence-electron chi connectivity index (χ4n) is 3.23. The van der Waals surface area contributed by atoms with E-state index in [4.69, 9.17) is 18.4 Å². The number of methoxy groups -OCH3 is 3. The minimum Gasteiger partial charge on any atom is -0.497 e. The van der Waals surface area contributed by atoms with Gasteiger partial charge >= 0.3 is 10.1 Å². The lowest BCUT2D eigenvalue weighted by atomic mass is 10.1. The Morgan fingerprint density at radius 1 is 0.676 bits per heavy atom. The van der Waals surface area contributed by atoms with Crippen LogP contribution in [0, 0.1) is 0 Å². The smallest absolute Gasteiger partial charge is 0.339 e. The molecule has 4 aromatic rings. The predicted octanol–water partition coefficient (Wildman–Crippen LogP) is 4.60. The summed E-state index contributed by atoms with van der Waals surface area (Å²) in [7, 11) is 0.444. The molecular formula is C25H22N2O6S. The van der Waals surface area contributed by atoms with Gasteiger partial charge in [0.25, 0.3) is 0 Å². The number of ether oxygens (including phenoxy) is 3. The zero-order valence-corrected chi connectivity index (χ0v) is 19.6. The van der Waals surface area contributed by atoms with Gasteiger partial charge in [-0.2, -0.15) is 8.42 Å². The monoisotopic (exact) mass is 478 g/mol. The van der Waals surface area contributed by atoms with Crippen molar-refractivity contribution >= 4 is 10.1 Å². The molecule has 3 aromatic carbocycles. The fraction of sp³-hybridized carbons (Fsp3) is 0.120. The quantitative estimate of drug-likeness (QED) is 0.339. The van der Waals surface area contributed by atoms with Crippen LogP contribution in [0.2, 0.25) is 0 Å². The van der Waals surface area contributed by atoms with Gasteiger partial charge in [-0.1, -0.05) is 0 Å². The molecule has 0 unspecified atom stereocenters. The first kappa shape index (κ1) is 23.1. The van der Waals surface area contributed by atoms with Gasteiger partial charge < -0.3 is 18.4 Å². The van der Waals surface area contributed by atoms with Gasteiger partial charge in [-0.25, -0.2) is 9.97 Å². The summed E-state index contributed by atoms with van der Waals surface area (Å²) < 4.78 is 46.2. The van der Waals surface area contributed by atoms with E-state index < -0.39 is 10.1 Å². The lowest BCUT2D eigenvalue weighted by Crippen LogP contribution is -2.10. The van der Waals surface area contributed by atoms with Crippen LogP contribution >= 0.6 is 0 Å². The van der Waals surface area contributed by atoms with Gasteiger partial charge in [0.1, 0.15) is 16.4 Å². The molecule has 174 valence electrons. The summed E-state index contributed by atoms with van der Waals surface area (Å²) in [6.45, 7) is 0. The van der Waals surface area contributed by atoms with Gasteiger partial charge in [0, 0.05) is 23.4 Å². The van der Waals surface area contributed by atoms with E-state index in [-0.39, 0.29) is 16.4 Å². The molecule has 1 heterocycles. The maximum atomic E-state index is 12.7. The van der Waals surface area contributed by atoms with Crippen molar-refractivity contribution < 1.29 is 26.8 Å². The Balaban J connectivity index is 1.54. The Morgan fingerprint density at radius 3 is 1.97 bits per heavy atom. The van der Waals surface area contributed by atoms with Crippen LogP contribution in [-0.2, 0) is 10.1 Å². The van der Waals surface area contributed by atoms with Crippen molar-refractivity contribution in [3.05, 3.63) is 79.0 Å². The first-order valence-electron chi connectivity index (χ1n) is 10.2. The molecule has 0 N–H and O–H groups in total. The average Bonchev–Trinajstić information content (AvgIpc) is 2.88. The molecule has 0 aliphatic carbocycles. The van der Waals surface area contributed by atoms with Crippen LogP contribution < -0.4 is 18.4 Å². The summed E-state index contributed by atoms with van der Waals surface area (Å²) in [5.41, 5.74) is 2.39. The largest absolute Gasteiger partial charge is 0.497 e. The predicted molar refractivity (Wildman–Crippen MR) is 127 cm³/mol. The molecule has 8 nitrogen and oxygen atoms in total. The van der Waals surface area contributed by atoms with Crippen molar-refractivity contribution in [2.75, 3.05) is 21.3 Å². The minimum atomic E-state index is -4.07. The van der Waals surface area contributed by atoms with E-state index in [0.717, 1.165) is 17.0 Å². The molecule has 0 aliphatic heterocycles. The molecule has 0 amide bonds. The standard InChI is InChI=1S/C25H22N2O6S/c1-30-19-8-4-17(5-9-19)22-14-15-26-25(27-22)18-6-10-20(11-7-18)33-34(28,29)21-12-13-23(31-2)24(16-21)32-3/h4-16H,1-3H3. The fourth-order valence-corrected chi connectivity index (χ4v) is 4.17. The normalized spacial score (nSPS) is 11.0. The van der Waals surface area contributed by atoms with E-state index in [9.17, 15) is 8.42 Å². The van der Waals surface area contributed by atoms with Crippen LogP contribution in [0.4, 0.5) is 0 Å². The zero-order valence-electron chi connectivity index (χ0n) is 18.8. The Kier molecular flexibility index (Phi) is 6.65. The molecule has 0 bridgehead atoms. The molecule has 0 fully saturated rings. The summed E-state index contributed by atoms with van der Waals surface area (Å²) in [5.74, 6) is 2.13. The zero-order chi connectivity index (χ0) is 24.1. The number of aromatic nitrogens is 2. The Hall–Kier alpha value is -4.11. The van der Waals surface area contributed by atoms with Crippen molar-refractivity contribution in [3.8, 4) is 45.6 Å². The van der Waals surface area contributed by atoms with Crippen LogP contribution in [-0.4, -0.2) is 39.7 Å². The molecule has 0 radical (unpaired) electrons. The van der Waals surface area contributed by atoms with Gasteiger partial charge in [0.05, 0.1) is 27.0 Å². The summed E-state index contributed by atoms with van der Waals surface area (Å²) in [6.07, 6.45) is 1.67. The van der Waals surface area contributed by atoms with E-state index in [2.05, 4.69) is 9.97 Å². The molecule has 0 spiro atoms. The molecule has 0 saturated carbocycles. The van der Waals surface area contributed by atoms with Crippen LogP contribution in [0.25, 0.3) is 22.6 Å². The number of rotatable bonds is 8. The maximum absolute atomic E-state index is 12.7. The lowest BCUT2D eigenvalue weighted by Gasteiger charge is -2.11. The van der Waals surface area contributed by atoms with Crippen molar-refractivity contribution in [1.29, 1.82) is 0 Å². The summed E-state index contributed by atoms with van der Waals surface area (Å²) in [6, 6.07) is 20.1. The second kappa shape index (κ2) is 9.80. The molecule has 0 aliphatic rings. The van der Waals surface area contributed by atoms with Crippen molar-refractivity contribution in [1.82, 2.24) is 9.97 Å². The van der Waals surface area contributed by atoms with E-state index in [1.54, 1.807) is 37.6 Å². The number of nitrogens with zero attached hydrogens (tertiary/aromatic N) is 2. The van der Waals surface area contributed by atoms with Crippen LogP contribution in [0.1, 0.15) is 0 Å². The van der Waals surface area contributed by atoms with Gasteiger partial charge in [0.15, 0.2) is 17.3 Å². The Morgan fingerprint density at radius 2 is 1.32 bits per heavy atom. The van der Waals surface area contributed by atoms with Crippen LogP contribution in [0.3, 0.4) is 0 Å². The first-order valence-corrected chi connectivity index (χ1v) is 11.6. The molecule has 0 saturated heterocycles. The second-order valence-corrected chi connectivity index (χ2v) is 8.62. The van der Waals surface area contributed by atoms with Crippen LogP contribution in [0.15, 0.2) is 83.9 Å². The van der Waals surface area contributed by atoms with E-state index in [1.807, 2.05) is 30.3 Å². The highest BCUT2D eigenvalue weighted by Crippen LogP contribution is 2.31. The highest BCUT2D eigenvalue weighted by atomic mass is 32.2. The van der Waals surface area contributed by atoms with Gasteiger partial charge in [-0.3, -0.25) is 0 Å².